The van der Waals surface area contributed by atoms with Crippen molar-refractivity contribution >= 4 is 46.9 Å². The second-order valence-electron chi connectivity index (χ2n) is 5.97. The Labute approximate surface area is 166 Å². The van der Waals surface area contributed by atoms with E-state index in [2.05, 4.69) is 10.5 Å². The highest BCUT2D eigenvalue weighted by Gasteiger charge is 2.35. The maximum absolute atomic E-state index is 12.3. The van der Waals surface area contributed by atoms with E-state index in [4.69, 9.17) is 27.9 Å². The molecular weight excluding hydrogens is 389 g/mol. The topological polar surface area (TPSA) is 71.0 Å². The van der Waals surface area contributed by atoms with Gasteiger partial charge in [0, 0.05) is 24.2 Å². The van der Waals surface area contributed by atoms with Crippen molar-refractivity contribution < 1.29 is 14.3 Å². The van der Waals surface area contributed by atoms with Crippen molar-refractivity contribution in [1.82, 2.24) is 5.43 Å². The molecule has 1 saturated heterocycles. The molecule has 1 heterocycles. The van der Waals surface area contributed by atoms with Crippen LogP contribution in [0, 0.1) is 5.92 Å². The summed E-state index contributed by atoms with van der Waals surface area (Å²) >= 11 is 12.1. The maximum Gasteiger partial charge on any atom is 0.245 e. The molecule has 140 valence electrons. The molecule has 1 aliphatic rings. The van der Waals surface area contributed by atoms with Crippen LogP contribution in [-0.4, -0.2) is 31.7 Å². The second-order valence-corrected chi connectivity index (χ2v) is 6.79. The van der Waals surface area contributed by atoms with Crippen LogP contribution in [0.15, 0.2) is 47.6 Å². The number of methoxy groups -OCH3 is 1. The summed E-state index contributed by atoms with van der Waals surface area (Å²) in [5, 5.41) is 4.78. The van der Waals surface area contributed by atoms with E-state index in [0.29, 0.717) is 27.9 Å². The molecule has 1 fully saturated rings. The molecule has 0 aromatic heterocycles. The summed E-state index contributed by atoms with van der Waals surface area (Å²) in [5.74, 6) is -0.233. The van der Waals surface area contributed by atoms with E-state index >= 15 is 0 Å². The Kier molecular flexibility index (Phi) is 5.98. The number of benzene rings is 2. The lowest BCUT2D eigenvalue weighted by Gasteiger charge is -2.16. The molecule has 0 aliphatic carbocycles. The highest BCUT2D eigenvalue weighted by molar-refractivity contribution is 6.38. The first-order valence-electron chi connectivity index (χ1n) is 8.21. The quantitative estimate of drug-likeness (QED) is 0.610. The van der Waals surface area contributed by atoms with Crippen molar-refractivity contribution in [3.8, 4) is 5.75 Å². The molecule has 2 aromatic rings. The first kappa shape index (κ1) is 19.2. The lowest BCUT2D eigenvalue weighted by molar-refractivity contribution is -0.126. The van der Waals surface area contributed by atoms with E-state index in [0.717, 1.165) is 5.69 Å². The van der Waals surface area contributed by atoms with Gasteiger partial charge in [0.1, 0.15) is 5.75 Å². The molecule has 6 nitrogen and oxygen atoms in total. The Morgan fingerprint density at radius 1 is 1.22 bits per heavy atom. The summed E-state index contributed by atoms with van der Waals surface area (Å²) in [4.78, 5) is 26.2. The number of nitrogens with one attached hydrogen (secondary N) is 1. The summed E-state index contributed by atoms with van der Waals surface area (Å²) in [7, 11) is 1.58. The minimum atomic E-state index is -0.488. The van der Waals surface area contributed by atoms with Crippen LogP contribution in [0.1, 0.15) is 12.0 Å². The van der Waals surface area contributed by atoms with Crippen LogP contribution in [0.2, 0.25) is 10.0 Å². The van der Waals surface area contributed by atoms with Gasteiger partial charge in [-0.05, 0) is 36.4 Å². The Balaban J connectivity index is 1.62. The minimum Gasteiger partial charge on any atom is -0.497 e. The molecule has 0 saturated carbocycles. The maximum atomic E-state index is 12.3. The fourth-order valence-electron chi connectivity index (χ4n) is 2.78. The zero-order valence-corrected chi connectivity index (χ0v) is 16.0. The van der Waals surface area contributed by atoms with Crippen LogP contribution in [-0.2, 0) is 9.59 Å². The lowest BCUT2D eigenvalue weighted by Crippen LogP contribution is -2.30. The van der Waals surface area contributed by atoms with Crippen LogP contribution in [0.3, 0.4) is 0 Å². The Bertz CT molecular complexity index is 864. The average molecular weight is 406 g/mol. The number of hydrazone groups is 1. The van der Waals surface area contributed by atoms with Gasteiger partial charge in [-0.25, -0.2) is 5.43 Å². The molecule has 2 aromatic carbocycles. The molecule has 0 unspecified atom stereocenters. The highest BCUT2D eigenvalue weighted by Crippen LogP contribution is 2.27. The largest absolute Gasteiger partial charge is 0.497 e. The van der Waals surface area contributed by atoms with Crippen LogP contribution >= 0.6 is 23.2 Å². The third-order valence-electron chi connectivity index (χ3n) is 4.25. The van der Waals surface area contributed by atoms with Gasteiger partial charge in [-0.15, -0.1) is 0 Å². The summed E-state index contributed by atoms with van der Waals surface area (Å²) in [5.41, 5.74) is 3.69. The average Bonchev–Trinajstić information content (AvgIpc) is 3.06. The fraction of sp³-hybridized carbons (Fsp3) is 0.211. The monoisotopic (exact) mass is 405 g/mol. The predicted molar refractivity (Wildman–Crippen MR) is 106 cm³/mol. The zero-order chi connectivity index (χ0) is 19.4. The van der Waals surface area contributed by atoms with Crippen LogP contribution in [0.25, 0.3) is 0 Å². The van der Waals surface area contributed by atoms with Gasteiger partial charge < -0.3 is 9.64 Å². The van der Waals surface area contributed by atoms with Gasteiger partial charge in [-0.3, -0.25) is 9.59 Å². The molecule has 27 heavy (non-hydrogen) atoms. The van der Waals surface area contributed by atoms with Gasteiger partial charge in [0.25, 0.3) is 0 Å². The first-order chi connectivity index (χ1) is 13.0. The first-order valence-corrected chi connectivity index (χ1v) is 8.96. The van der Waals surface area contributed by atoms with E-state index in [1.54, 1.807) is 54.5 Å². The van der Waals surface area contributed by atoms with Gasteiger partial charge in [-0.2, -0.15) is 5.10 Å². The second kappa shape index (κ2) is 8.41. The number of amides is 2. The van der Waals surface area contributed by atoms with Gasteiger partial charge in [0.2, 0.25) is 11.8 Å². The summed E-state index contributed by atoms with van der Waals surface area (Å²) in [6, 6.07) is 12.2. The normalized spacial score (nSPS) is 16.8. The van der Waals surface area contributed by atoms with E-state index in [1.807, 2.05) is 0 Å². The van der Waals surface area contributed by atoms with Crippen molar-refractivity contribution in [3.05, 3.63) is 58.1 Å². The molecule has 1 N–H and O–H groups in total. The van der Waals surface area contributed by atoms with Crippen molar-refractivity contribution in [3.63, 3.8) is 0 Å². The van der Waals surface area contributed by atoms with E-state index in [-0.39, 0.29) is 18.2 Å². The van der Waals surface area contributed by atoms with Crippen molar-refractivity contribution in [1.29, 1.82) is 0 Å². The van der Waals surface area contributed by atoms with Crippen LogP contribution < -0.4 is 15.1 Å². The van der Waals surface area contributed by atoms with E-state index in [1.165, 1.54) is 6.21 Å². The van der Waals surface area contributed by atoms with Gasteiger partial charge in [-0.1, -0.05) is 29.3 Å². The lowest BCUT2D eigenvalue weighted by atomic mass is 10.1. The standard InChI is InChI=1S/C19H17Cl2N3O3/c1-27-14-7-5-13(6-8-14)24-11-12(9-18(24)25)19(26)23-22-10-15-16(20)3-2-4-17(15)21/h2-8,10,12H,9,11H2,1H3,(H,23,26)/b22-10-/t12-/m0/s1. The smallest absolute Gasteiger partial charge is 0.245 e. The summed E-state index contributed by atoms with van der Waals surface area (Å²) in [6.45, 7) is 0.291. The fourth-order valence-corrected chi connectivity index (χ4v) is 3.28. The Morgan fingerprint density at radius 3 is 2.52 bits per heavy atom. The van der Waals surface area contributed by atoms with Crippen molar-refractivity contribution in [2.24, 2.45) is 11.0 Å². The third kappa shape index (κ3) is 4.40. The van der Waals surface area contributed by atoms with Crippen molar-refractivity contribution in [2.75, 3.05) is 18.6 Å². The number of ether oxygens (including phenoxy) is 1. The number of halogens is 2. The van der Waals surface area contributed by atoms with Crippen LogP contribution in [0.5, 0.6) is 5.75 Å². The number of carbonyl (C=O) groups is 2. The number of anilines is 1. The van der Waals surface area contributed by atoms with E-state index < -0.39 is 5.92 Å². The SMILES string of the molecule is COc1ccc(N2C[C@@H](C(=O)N/N=C\c3c(Cl)cccc3Cl)CC2=O)cc1. The molecule has 1 aliphatic heterocycles. The molecular formula is C19H17Cl2N3O3. The molecule has 2 amide bonds. The number of rotatable bonds is 5. The number of hydrogen-bond acceptors (Lipinski definition) is 4. The van der Waals surface area contributed by atoms with Crippen LogP contribution in [0.4, 0.5) is 5.69 Å². The number of carbonyl (C=O) groups excluding carboxylic acids is 2. The molecule has 0 bridgehead atoms. The molecule has 0 radical (unpaired) electrons. The molecule has 3 rings (SSSR count). The summed E-state index contributed by atoms with van der Waals surface area (Å²) < 4.78 is 5.11. The molecule has 1 atom stereocenters. The number of nitrogens with zero attached hydrogens (tertiary/aromatic N) is 2. The van der Waals surface area contributed by atoms with Gasteiger partial charge >= 0.3 is 0 Å². The van der Waals surface area contributed by atoms with Gasteiger partial charge in [0.15, 0.2) is 0 Å². The Morgan fingerprint density at radius 2 is 1.89 bits per heavy atom. The predicted octanol–water partition coefficient (Wildman–Crippen LogP) is 3.51. The van der Waals surface area contributed by atoms with Crippen molar-refractivity contribution in [2.45, 2.75) is 6.42 Å². The number of hydrogen-bond donors (Lipinski definition) is 1. The Hall–Kier alpha value is -2.57. The third-order valence-corrected chi connectivity index (χ3v) is 4.91. The molecule has 0 spiro atoms. The summed E-state index contributed by atoms with van der Waals surface area (Å²) in [6.07, 6.45) is 1.51. The zero-order valence-electron chi connectivity index (χ0n) is 14.5. The minimum absolute atomic E-state index is 0.113. The molecule has 8 heteroatoms. The highest BCUT2D eigenvalue weighted by atomic mass is 35.5. The van der Waals surface area contributed by atoms with E-state index in [9.17, 15) is 9.59 Å². The van der Waals surface area contributed by atoms with Gasteiger partial charge in [0.05, 0.1) is 29.3 Å².